The van der Waals surface area contributed by atoms with Gasteiger partial charge < -0.3 is 4.42 Å². The van der Waals surface area contributed by atoms with Crippen molar-refractivity contribution in [1.82, 2.24) is 0 Å². The van der Waals surface area contributed by atoms with Crippen molar-refractivity contribution >= 4 is 75.8 Å². The minimum Gasteiger partial charge on any atom is -0.455 e. The number of fused-ring (bicyclic) bond motifs is 9. The van der Waals surface area contributed by atoms with E-state index in [1.54, 1.807) is 0 Å². The first-order chi connectivity index (χ1) is 25.3. The molecule has 0 amide bonds. The number of hydrogen-bond acceptors (Lipinski definition) is 1. The molecule has 236 valence electrons. The standard InChI is InChI=1S/C50H30O/c1-2-13-32-28-33(25-24-31(32)12-1)34-26-27-42-46(29-34)49(45-30-35-14-3-4-15-36(35)37-16-5-6-17-38(37)45)41-20-8-7-19-40(41)48(42)44-22-11-21-43-39-18-9-10-23-47(39)51-50(43)44/h1-30H. The van der Waals surface area contributed by atoms with Crippen LogP contribution in [0.1, 0.15) is 0 Å². The number of hydrogen-bond donors (Lipinski definition) is 0. The van der Waals surface area contributed by atoms with Crippen LogP contribution in [-0.2, 0) is 0 Å². The molecule has 1 heteroatoms. The molecule has 10 aromatic carbocycles. The van der Waals surface area contributed by atoms with Gasteiger partial charge in [0.1, 0.15) is 11.2 Å². The SMILES string of the molecule is c1ccc2cc(-c3ccc4c(-c5cccc6c5oc5ccccc56)c5ccccc5c(-c5cc6ccccc6c6ccccc56)c4c3)ccc2c1. The Hall–Kier alpha value is -6.70. The summed E-state index contributed by atoms with van der Waals surface area (Å²) >= 11 is 0. The molecule has 0 unspecified atom stereocenters. The van der Waals surface area contributed by atoms with E-state index >= 15 is 0 Å². The highest BCUT2D eigenvalue weighted by molar-refractivity contribution is 6.27. The predicted molar refractivity (Wildman–Crippen MR) is 218 cm³/mol. The van der Waals surface area contributed by atoms with Crippen LogP contribution in [0.15, 0.2) is 186 Å². The van der Waals surface area contributed by atoms with Crippen molar-refractivity contribution < 1.29 is 4.42 Å². The molecule has 0 bridgehead atoms. The zero-order valence-corrected chi connectivity index (χ0v) is 27.7. The lowest BCUT2D eigenvalue weighted by Gasteiger charge is -2.20. The van der Waals surface area contributed by atoms with Crippen LogP contribution in [0.3, 0.4) is 0 Å². The summed E-state index contributed by atoms with van der Waals surface area (Å²) in [6.45, 7) is 0. The molecular formula is C50H30O. The van der Waals surface area contributed by atoms with Crippen LogP contribution in [0.5, 0.6) is 0 Å². The van der Waals surface area contributed by atoms with Gasteiger partial charge in [-0.1, -0.05) is 158 Å². The molecule has 0 aliphatic rings. The van der Waals surface area contributed by atoms with E-state index in [0.29, 0.717) is 0 Å². The zero-order chi connectivity index (χ0) is 33.5. The van der Waals surface area contributed by atoms with E-state index in [-0.39, 0.29) is 0 Å². The van der Waals surface area contributed by atoms with E-state index in [9.17, 15) is 0 Å². The average Bonchev–Trinajstić information content (AvgIpc) is 3.59. The third kappa shape index (κ3) is 4.22. The summed E-state index contributed by atoms with van der Waals surface area (Å²) in [5, 5.41) is 14.7. The highest BCUT2D eigenvalue weighted by atomic mass is 16.3. The Morgan fingerprint density at radius 2 is 0.843 bits per heavy atom. The van der Waals surface area contributed by atoms with Crippen LogP contribution < -0.4 is 0 Å². The molecule has 0 atom stereocenters. The molecule has 0 aliphatic carbocycles. The molecule has 1 heterocycles. The second kappa shape index (κ2) is 10.9. The molecular weight excluding hydrogens is 617 g/mol. The minimum absolute atomic E-state index is 0.909. The van der Waals surface area contributed by atoms with Crippen molar-refractivity contribution in [1.29, 1.82) is 0 Å². The Kier molecular flexibility index (Phi) is 6.02. The van der Waals surface area contributed by atoms with Gasteiger partial charge >= 0.3 is 0 Å². The lowest BCUT2D eigenvalue weighted by molar-refractivity contribution is 0.670. The Balaban J connectivity index is 1.31. The molecule has 0 spiro atoms. The fourth-order valence-electron chi connectivity index (χ4n) is 8.51. The van der Waals surface area contributed by atoms with Crippen molar-refractivity contribution in [2.75, 3.05) is 0 Å². The summed E-state index contributed by atoms with van der Waals surface area (Å²) in [7, 11) is 0. The maximum absolute atomic E-state index is 6.69. The maximum atomic E-state index is 6.69. The van der Waals surface area contributed by atoms with E-state index in [1.165, 1.54) is 81.7 Å². The summed E-state index contributed by atoms with van der Waals surface area (Å²) in [5.74, 6) is 0. The predicted octanol–water partition coefficient (Wildman–Crippen LogP) is 14.4. The second-order valence-electron chi connectivity index (χ2n) is 13.6. The van der Waals surface area contributed by atoms with Gasteiger partial charge in [0.15, 0.2) is 0 Å². The van der Waals surface area contributed by atoms with Gasteiger partial charge in [0.2, 0.25) is 0 Å². The Labute approximate surface area is 294 Å². The third-order valence-corrected chi connectivity index (χ3v) is 10.8. The van der Waals surface area contributed by atoms with E-state index < -0.39 is 0 Å². The fraction of sp³-hybridized carbons (Fsp3) is 0. The monoisotopic (exact) mass is 646 g/mol. The summed E-state index contributed by atoms with van der Waals surface area (Å²) in [4.78, 5) is 0. The van der Waals surface area contributed by atoms with Gasteiger partial charge in [-0.3, -0.25) is 0 Å². The molecule has 0 aliphatic heterocycles. The normalized spacial score (nSPS) is 11.9. The largest absolute Gasteiger partial charge is 0.455 e. The molecule has 11 aromatic rings. The molecule has 51 heavy (non-hydrogen) atoms. The quantitative estimate of drug-likeness (QED) is 0.138. The number of furan rings is 1. The summed E-state index contributed by atoms with van der Waals surface area (Å²) < 4.78 is 6.69. The van der Waals surface area contributed by atoms with Crippen molar-refractivity contribution in [2.24, 2.45) is 0 Å². The number of rotatable bonds is 3. The second-order valence-corrected chi connectivity index (χ2v) is 13.6. The van der Waals surface area contributed by atoms with E-state index in [1.807, 2.05) is 6.07 Å². The lowest BCUT2D eigenvalue weighted by Crippen LogP contribution is -1.93. The van der Waals surface area contributed by atoms with Crippen molar-refractivity contribution in [2.45, 2.75) is 0 Å². The Morgan fingerprint density at radius 1 is 0.275 bits per heavy atom. The van der Waals surface area contributed by atoms with Crippen LogP contribution in [0, 0.1) is 0 Å². The van der Waals surface area contributed by atoms with Gasteiger partial charge in [0.05, 0.1) is 0 Å². The van der Waals surface area contributed by atoms with Gasteiger partial charge in [0, 0.05) is 21.9 Å². The van der Waals surface area contributed by atoms with Crippen LogP contribution in [0.4, 0.5) is 0 Å². The molecule has 0 fully saturated rings. The lowest BCUT2D eigenvalue weighted by atomic mass is 9.82. The highest BCUT2D eigenvalue weighted by Crippen LogP contribution is 2.49. The smallest absolute Gasteiger partial charge is 0.143 e. The van der Waals surface area contributed by atoms with Crippen LogP contribution in [-0.4, -0.2) is 0 Å². The van der Waals surface area contributed by atoms with Gasteiger partial charge in [-0.2, -0.15) is 0 Å². The molecule has 11 rings (SSSR count). The molecule has 0 N–H and O–H groups in total. The third-order valence-electron chi connectivity index (χ3n) is 10.8. The first-order valence-electron chi connectivity index (χ1n) is 17.6. The van der Waals surface area contributed by atoms with Crippen LogP contribution in [0.25, 0.3) is 109 Å². The first-order valence-corrected chi connectivity index (χ1v) is 17.6. The topological polar surface area (TPSA) is 13.1 Å². The molecule has 0 saturated carbocycles. The average molecular weight is 647 g/mol. The van der Waals surface area contributed by atoms with E-state index in [0.717, 1.165) is 27.5 Å². The maximum Gasteiger partial charge on any atom is 0.143 e. The number of benzene rings is 10. The zero-order valence-electron chi connectivity index (χ0n) is 27.7. The van der Waals surface area contributed by atoms with Crippen LogP contribution >= 0.6 is 0 Å². The fourth-order valence-corrected chi connectivity index (χ4v) is 8.51. The van der Waals surface area contributed by atoms with Crippen molar-refractivity contribution in [3.63, 3.8) is 0 Å². The molecule has 0 radical (unpaired) electrons. The summed E-state index contributed by atoms with van der Waals surface area (Å²) in [6, 6.07) is 66.4. The summed E-state index contributed by atoms with van der Waals surface area (Å²) in [5.41, 5.74) is 9.05. The highest BCUT2D eigenvalue weighted by Gasteiger charge is 2.22. The van der Waals surface area contributed by atoms with Gasteiger partial charge in [-0.25, -0.2) is 0 Å². The van der Waals surface area contributed by atoms with Crippen molar-refractivity contribution in [3.8, 4) is 33.4 Å². The van der Waals surface area contributed by atoms with Crippen LogP contribution in [0.2, 0.25) is 0 Å². The molecule has 1 nitrogen and oxygen atoms in total. The molecule has 0 saturated heterocycles. The number of para-hydroxylation sites is 2. The Morgan fingerprint density at radius 3 is 1.67 bits per heavy atom. The first kappa shape index (κ1) is 28.2. The van der Waals surface area contributed by atoms with E-state index in [4.69, 9.17) is 4.42 Å². The summed E-state index contributed by atoms with van der Waals surface area (Å²) in [6.07, 6.45) is 0. The van der Waals surface area contributed by atoms with Gasteiger partial charge in [0.25, 0.3) is 0 Å². The minimum atomic E-state index is 0.909. The molecule has 1 aromatic heterocycles. The van der Waals surface area contributed by atoms with Crippen molar-refractivity contribution in [3.05, 3.63) is 182 Å². The van der Waals surface area contributed by atoms with Gasteiger partial charge in [-0.05, 0) is 100 Å². The van der Waals surface area contributed by atoms with E-state index in [2.05, 4.69) is 176 Å². The Bertz CT molecular complexity index is 3200. The van der Waals surface area contributed by atoms with Gasteiger partial charge in [-0.15, -0.1) is 0 Å².